The van der Waals surface area contributed by atoms with E-state index in [1.165, 1.54) is 87.0 Å². The zero-order valence-electron chi connectivity index (χ0n) is 25.1. The second-order valence-corrected chi connectivity index (χ2v) is 13.5. The van der Waals surface area contributed by atoms with Gasteiger partial charge >= 0.3 is 0 Å². The van der Waals surface area contributed by atoms with Crippen LogP contribution < -0.4 is 0 Å². The van der Waals surface area contributed by atoms with Crippen molar-refractivity contribution >= 4 is 33.3 Å². The van der Waals surface area contributed by atoms with E-state index in [1.54, 1.807) is 0 Å². The van der Waals surface area contributed by atoms with E-state index < -0.39 is 5.41 Å². The summed E-state index contributed by atoms with van der Waals surface area (Å²) in [5.41, 5.74) is 12.6. The fourth-order valence-corrected chi connectivity index (χ4v) is 9.30. The number of hydrogen-bond donors (Lipinski definition) is 0. The molecule has 2 aliphatic rings. The van der Waals surface area contributed by atoms with Gasteiger partial charge in [0.05, 0.1) is 5.41 Å². The van der Waals surface area contributed by atoms with Crippen molar-refractivity contribution in [2.24, 2.45) is 0 Å². The zero-order valence-corrected chi connectivity index (χ0v) is 25.9. The Labute approximate surface area is 273 Å². The van der Waals surface area contributed by atoms with Crippen LogP contribution in [0.3, 0.4) is 0 Å². The molecule has 0 saturated carbocycles. The van der Waals surface area contributed by atoms with Gasteiger partial charge in [0.1, 0.15) is 0 Å². The Morgan fingerprint density at radius 2 is 0.978 bits per heavy atom. The van der Waals surface area contributed by atoms with Crippen LogP contribution in [0.15, 0.2) is 180 Å². The summed E-state index contributed by atoms with van der Waals surface area (Å²) in [5.74, 6) is 0. The van der Waals surface area contributed by atoms with Crippen LogP contribution in [0.4, 0.5) is 0 Å². The van der Waals surface area contributed by atoms with Crippen LogP contribution in [0, 0.1) is 0 Å². The number of benzene rings is 8. The summed E-state index contributed by atoms with van der Waals surface area (Å²) in [4.78, 5) is 2.65. The Bertz CT molecular complexity index is 2450. The van der Waals surface area contributed by atoms with Crippen LogP contribution in [0.25, 0.3) is 54.9 Å². The van der Waals surface area contributed by atoms with E-state index in [4.69, 9.17) is 0 Å². The maximum absolute atomic E-state index is 2.50. The topological polar surface area (TPSA) is 0 Å². The van der Waals surface area contributed by atoms with Crippen molar-refractivity contribution < 1.29 is 0 Å². The lowest BCUT2D eigenvalue weighted by molar-refractivity contribution is 0.770. The lowest BCUT2D eigenvalue weighted by Gasteiger charge is -2.34. The molecule has 0 unspecified atom stereocenters. The molecular weight excluding hydrogens is 573 g/mol. The lowest BCUT2D eigenvalue weighted by Crippen LogP contribution is -2.28. The van der Waals surface area contributed by atoms with Gasteiger partial charge in [0, 0.05) is 15.2 Å². The van der Waals surface area contributed by atoms with Crippen LogP contribution in [-0.2, 0) is 5.41 Å². The largest absolute Gasteiger partial charge is 0.0888 e. The summed E-state index contributed by atoms with van der Waals surface area (Å²) < 4.78 is 0. The summed E-state index contributed by atoms with van der Waals surface area (Å²) >= 11 is 1.89. The van der Waals surface area contributed by atoms with E-state index in [2.05, 4.69) is 170 Å². The van der Waals surface area contributed by atoms with Crippen LogP contribution >= 0.6 is 11.8 Å². The molecule has 1 aliphatic heterocycles. The summed E-state index contributed by atoms with van der Waals surface area (Å²) in [6, 6.07) is 63.4. The second kappa shape index (κ2) is 9.81. The minimum absolute atomic E-state index is 0.458. The molecule has 8 aromatic carbocycles. The fraction of sp³-hybridized carbons (Fsp3) is 0.0222. The van der Waals surface area contributed by atoms with E-state index in [9.17, 15) is 0 Å². The molecule has 0 aromatic heterocycles. The minimum Gasteiger partial charge on any atom is -0.0888 e. The highest BCUT2D eigenvalue weighted by atomic mass is 32.2. The van der Waals surface area contributed by atoms with Gasteiger partial charge in [0.15, 0.2) is 0 Å². The van der Waals surface area contributed by atoms with Gasteiger partial charge in [-0.1, -0.05) is 151 Å². The summed E-state index contributed by atoms with van der Waals surface area (Å²) in [7, 11) is 0. The molecule has 0 N–H and O–H groups in total. The van der Waals surface area contributed by atoms with Crippen molar-refractivity contribution in [1.82, 2.24) is 0 Å². The first-order chi connectivity index (χ1) is 22.8. The van der Waals surface area contributed by atoms with Crippen molar-refractivity contribution in [2.45, 2.75) is 15.2 Å². The molecule has 0 nitrogen and oxygen atoms in total. The van der Waals surface area contributed by atoms with E-state index in [-0.39, 0.29) is 0 Å². The predicted molar refractivity (Wildman–Crippen MR) is 194 cm³/mol. The molecule has 1 heterocycles. The quantitative estimate of drug-likeness (QED) is 0.194. The third-order valence-electron chi connectivity index (χ3n) is 10.1. The standard InChI is InChI=1S/C45H28S/c1-3-15-33(16-4-1)45(34-17-5-2-6-18-34)39-28-32(23-25-36(39)38-26-30-12-7-8-13-31(30)27-40(38)45)35-24-22-29-14-11-21-42-43(29)44(35)37-19-9-10-20-41(37)46-42/h1-28H. The highest BCUT2D eigenvalue weighted by Crippen LogP contribution is 2.58. The molecule has 10 rings (SSSR count). The van der Waals surface area contributed by atoms with Crippen molar-refractivity contribution in [3.63, 3.8) is 0 Å². The van der Waals surface area contributed by atoms with E-state index in [0.717, 1.165) is 0 Å². The van der Waals surface area contributed by atoms with Gasteiger partial charge in [-0.25, -0.2) is 0 Å². The Kier molecular flexibility index (Phi) is 5.53. The molecule has 0 saturated heterocycles. The lowest BCUT2D eigenvalue weighted by atomic mass is 9.67. The van der Waals surface area contributed by atoms with E-state index in [0.29, 0.717) is 0 Å². The average molecular weight is 601 g/mol. The smallest absolute Gasteiger partial charge is 0.0714 e. The molecule has 1 heteroatoms. The van der Waals surface area contributed by atoms with Gasteiger partial charge in [-0.15, -0.1) is 0 Å². The Balaban J connectivity index is 1.33. The van der Waals surface area contributed by atoms with Gasteiger partial charge in [-0.05, 0) is 102 Å². The molecule has 0 bridgehead atoms. The van der Waals surface area contributed by atoms with Crippen molar-refractivity contribution in [2.75, 3.05) is 0 Å². The van der Waals surface area contributed by atoms with Crippen LogP contribution in [0.1, 0.15) is 22.3 Å². The summed E-state index contributed by atoms with van der Waals surface area (Å²) in [5, 5.41) is 5.19. The molecule has 0 atom stereocenters. The molecule has 214 valence electrons. The fourth-order valence-electron chi connectivity index (χ4n) is 8.17. The molecule has 0 radical (unpaired) electrons. The molecule has 0 amide bonds. The van der Waals surface area contributed by atoms with Crippen molar-refractivity contribution in [3.05, 3.63) is 192 Å². The van der Waals surface area contributed by atoms with Crippen LogP contribution in [-0.4, -0.2) is 0 Å². The average Bonchev–Trinajstić information content (AvgIpc) is 3.41. The first-order valence-corrected chi connectivity index (χ1v) is 16.7. The highest BCUT2D eigenvalue weighted by Gasteiger charge is 2.46. The van der Waals surface area contributed by atoms with Gasteiger partial charge < -0.3 is 0 Å². The van der Waals surface area contributed by atoms with Crippen LogP contribution in [0.5, 0.6) is 0 Å². The third-order valence-corrected chi connectivity index (χ3v) is 11.2. The SMILES string of the molecule is c1ccc(C2(c3ccccc3)c3cc(-c4ccc5cccc6c5c4-c4ccccc4S6)ccc3-c3cc4ccccc4cc32)cc1. The Morgan fingerprint density at radius 3 is 1.76 bits per heavy atom. The molecule has 0 spiro atoms. The highest BCUT2D eigenvalue weighted by molar-refractivity contribution is 7.99. The second-order valence-electron chi connectivity index (χ2n) is 12.4. The maximum atomic E-state index is 2.50. The van der Waals surface area contributed by atoms with E-state index >= 15 is 0 Å². The monoisotopic (exact) mass is 600 g/mol. The molecule has 0 fully saturated rings. The first-order valence-electron chi connectivity index (χ1n) is 15.9. The van der Waals surface area contributed by atoms with Crippen molar-refractivity contribution in [3.8, 4) is 33.4 Å². The number of fused-ring (bicyclic) bond motifs is 6. The van der Waals surface area contributed by atoms with Crippen LogP contribution in [0.2, 0.25) is 0 Å². The number of hydrogen-bond acceptors (Lipinski definition) is 1. The summed E-state index contributed by atoms with van der Waals surface area (Å²) in [6.45, 7) is 0. The summed E-state index contributed by atoms with van der Waals surface area (Å²) in [6.07, 6.45) is 0. The van der Waals surface area contributed by atoms with Gasteiger partial charge in [0.25, 0.3) is 0 Å². The maximum Gasteiger partial charge on any atom is 0.0714 e. The third kappa shape index (κ3) is 3.52. The van der Waals surface area contributed by atoms with Gasteiger partial charge in [-0.3, -0.25) is 0 Å². The van der Waals surface area contributed by atoms with Gasteiger partial charge in [0.2, 0.25) is 0 Å². The molecular formula is C45H28S. The zero-order chi connectivity index (χ0) is 30.2. The van der Waals surface area contributed by atoms with Crippen molar-refractivity contribution in [1.29, 1.82) is 0 Å². The first kappa shape index (κ1) is 25.9. The minimum atomic E-state index is -0.458. The molecule has 1 aliphatic carbocycles. The molecule has 46 heavy (non-hydrogen) atoms. The van der Waals surface area contributed by atoms with Gasteiger partial charge in [-0.2, -0.15) is 0 Å². The normalized spacial score (nSPS) is 13.7. The Hall–Kier alpha value is -5.37. The Morgan fingerprint density at radius 1 is 0.370 bits per heavy atom. The number of rotatable bonds is 3. The predicted octanol–water partition coefficient (Wildman–Crippen LogP) is 12.2. The molecule has 8 aromatic rings. The van der Waals surface area contributed by atoms with E-state index in [1.807, 2.05) is 11.8 Å².